The van der Waals surface area contributed by atoms with Crippen LogP contribution in [0.1, 0.15) is 20.8 Å². The fourth-order valence-corrected chi connectivity index (χ4v) is 2.98. The molecule has 0 saturated carbocycles. The lowest BCUT2D eigenvalue weighted by atomic mass is 10.2. The average molecular weight is 222 g/mol. The lowest BCUT2D eigenvalue weighted by molar-refractivity contribution is -0.146. The van der Waals surface area contributed by atoms with E-state index in [0.717, 1.165) is 0 Å². The first-order valence-corrected chi connectivity index (χ1v) is 7.06. The minimum Gasteiger partial charge on any atom is -0.466 e. The largest absolute Gasteiger partial charge is 0.466 e. The van der Waals surface area contributed by atoms with Crippen molar-refractivity contribution in [2.45, 2.75) is 20.8 Å². The van der Waals surface area contributed by atoms with E-state index in [1.807, 2.05) is 0 Å². The van der Waals surface area contributed by atoms with Gasteiger partial charge in [-0.3, -0.25) is 9.36 Å². The van der Waals surface area contributed by atoms with Crippen LogP contribution in [0.25, 0.3) is 0 Å². The molecule has 0 spiro atoms. The second-order valence-electron chi connectivity index (χ2n) is 3.27. The Morgan fingerprint density at radius 3 is 2.36 bits per heavy atom. The molecule has 84 valence electrons. The molecule has 0 aliphatic carbocycles. The first kappa shape index (κ1) is 13.7. The van der Waals surface area contributed by atoms with Gasteiger partial charge in [-0.15, -0.1) is 0 Å². The Hall–Kier alpha value is -0.340. The van der Waals surface area contributed by atoms with E-state index in [1.54, 1.807) is 27.4 Å². The number of carbonyl (C=O) groups excluding carboxylic acids is 1. The molecule has 0 aliphatic heterocycles. The number of hydrogen-bond donors (Lipinski definition) is 0. The molecule has 0 bridgehead atoms. The summed E-state index contributed by atoms with van der Waals surface area (Å²) in [6.45, 7) is 7.54. The summed E-state index contributed by atoms with van der Waals surface area (Å²) in [6.07, 6.45) is 0.250. The molecule has 4 nitrogen and oxygen atoms in total. The van der Waals surface area contributed by atoms with Crippen LogP contribution < -0.4 is 0 Å². The summed E-state index contributed by atoms with van der Waals surface area (Å²) < 4.78 is 21.6. The number of esters is 1. The van der Waals surface area contributed by atoms with E-state index >= 15 is 0 Å². The molecular formula is C9H19O4P. The van der Waals surface area contributed by atoms with Crippen molar-refractivity contribution in [1.82, 2.24) is 0 Å². The Labute approximate surface area is 85.4 Å². The van der Waals surface area contributed by atoms with Gasteiger partial charge >= 0.3 is 5.97 Å². The van der Waals surface area contributed by atoms with E-state index in [9.17, 15) is 9.36 Å². The molecule has 0 radical (unpaired) electrons. The summed E-state index contributed by atoms with van der Waals surface area (Å²) >= 11 is 0. The lowest BCUT2D eigenvalue weighted by Gasteiger charge is -2.16. The van der Waals surface area contributed by atoms with Crippen LogP contribution in [-0.4, -0.2) is 32.0 Å². The molecule has 0 rings (SSSR count). The molecule has 0 aromatic heterocycles. The third-order valence-electron chi connectivity index (χ3n) is 1.70. The van der Waals surface area contributed by atoms with Crippen LogP contribution in [0.15, 0.2) is 0 Å². The molecule has 0 amide bonds. The van der Waals surface area contributed by atoms with E-state index < -0.39 is 7.37 Å². The predicted octanol–water partition coefficient (Wildman–Crippen LogP) is 2.13. The van der Waals surface area contributed by atoms with Crippen LogP contribution in [0.5, 0.6) is 0 Å². The summed E-state index contributed by atoms with van der Waals surface area (Å²) in [7, 11) is -2.63. The summed E-state index contributed by atoms with van der Waals surface area (Å²) in [5.41, 5.74) is 0. The molecule has 0 heterocycles. The van der Waals surface area contributed by atoms with Crippen LogP contribution in [0.2, 0.25) is 0 Å². The van der Waals surface area contributed by atoms with E-state index in [1.165, 1.54) is 0 Å². The van der Waals surface area contributed by atoms with Gasteiger partial charge in [-0.1, -0.05) is 6.92 Å². The third kappa shape index (κ3) is 5.40. The highest BCUT2D eigenvalue weighted by Gasteiger charge is 2.24. The highest BCUT2D eigenvalue weighted by Crippen LogP contribution is 2.44. The zero-order chi connectivity index (χ0) is 11.2. The first-order valence-electron chi connectivity index (χ1n) is 4.80. The van der Waals surface area contributed by atoms with Crippen LogP contribution in [0, 0.1) is 5.92 Å². The zero-order valence-electron chi connectivity index (χ0n) is 9.28. The average Bonchev–Trinajstić information content (AvgIpc) is 2.03. The number of hydrogen-bond acceptors (Lipinski definition) is 4. The minimum atomic E-state index is -2.63. The van der Waals surface area contributed by atoms with Crippen molar-refractivity contribution in [2.75, 3.05) is 26.0 Å². The maximum atomic E-state index is 11.7. The summed E-state index contributed by atoms with van der Waals surface area (Å²) in [4.78, 5) is 11.2. The maximum Gasteiger partial charge on any atom is 0.309 e. The maximum absolute atomic E-state index is 11.7. The van der Waals surface area contributed by atoms with Crippen molar-refractivity contribution in [2.24, 2.45) is 5.92 Å². The minimum absolute atomic E-state index is 0.250. The summed E-state index contributed by atoms with van der Waals surface area (Å²) in [6, 6.07) is 0. The molecule has 0 aromatic carbocycles. The predicted molar refractivity (Wildman–Crippen MR) is 55.8 cm³/mol. The van der Waals surface area contributed by atoms with Gasteiger partial charge in [0.15, 0.2) is 0 Å². The molecule has 0 aromatic rings. The highest BCUT2D eigenvalue weighted by molar-refractivity contribution is 7.58. The van der Waals surface area contributed by atoms with E-state index in [-0.39, 0.29) is 18.0 Å². The standard InChI is InChI=1S/C9H19O4P/c1-5-12-9(10)8(3)7-14(4,11)13-6-2/h8H,5-7H2,1-4H3/t8-,14?/m1/s1. The molecule has 2 atom stereocenters. The Balaban J connectivity index is 4.10. The normalized spacial score (nSPS) is 17.1. The van der Waals surface area contributed by atoms with Crippen molar-refractivity contribution in [1.29, 1.82) is 0 Å². The first-order chi connectivity index (χ1) is 6.43. The van der Waals surface area contributed by atoms with Crippen molar-refractivity contribution in [3.63, 3.8) is 0 Å². The van der Waals surface area contributed by atoms with Gasteiger partial charge in [-0.05, 0) is 13.8 Å². The van der Waals surface area contributed by atoms with Crippen molar-refractivity contribution >= 4 is 13.3 Å². The van der Waals surface area contributed by atoms with Crippen LogP contribution in [0.3, 0.4) is 0 Å². The van der Waals surface area contributed by atoms with Gasteiger partial charge in [-0.25, -0.2) is 0 Å². The van der Waals surface area contributed by atoms with Gasteiger partial charge in [0, 0.05) is 12.8 Å². The smallest absolute Gasteiger partial charge is 0.309 e. The molecule has 0 saturated heterocycles. The van der Waals surface area contributed by atoms with Crippen LogP contribution >= 0.6 is 7.37 Å². The van der Waals surface area contributed by atoms with E-state index in [2.05, 4.69) is 0 Å². The molecule has 5 heteroatoms. The molecular weight excluding hydrogens is 203 g/mol. The van der Waals surface area contributed by atoms with Crippen molar-refractivity contribution in [3.8, 4) is 0 Å². The molecule has 0 fully saturated rings. The van der Waals surface area contributed by atoms with Gasteiger partial charge in [-0.2, -0.15) is 0 Å². The molecule has 14 heavy (non-hydrogen) atoms. The molecule has 0 N–H and O–H groups in total. The van der Waals surface area contributed by atoms with Crippen LogP contribution in [0.4, 0.5) is 0 Å². The van der Waals surface area contributed by atoms with Crippen molar-refractivity contribution in [3.05, 3.63) is 0 Å². The summed E-state index contributed by atoms with van der Waals surface area (Å²) in [5.74, 6) is -0.674. The van der Waals surface area contributed by atoms with Crippen LogP contribution in [-0.2, 0) is 18.6 Å². The third-order valence-corrected chi connectivity index (χ3v) is 3.71. The summed E-state index contributed by atoms with van der Waals surface area (Å²) in [5, 5.41) is 0. The van der Waals surface area contributed by atoms with Gasteiger partial charge in [0.25, 0.3) is 0 Å². The lowest BCUT2D eigenvalue weighted by Crippen LogP contribution is -2.18. The number of carbonyl (C=O) groups is 1. The fourth-order valence-electron chi connectivity index (χ4n) is 1.18. The molecule has 1 unspecified atom stereocenters. The Kier molecular flexibility index (Phi) is 6.05. The van der Waals surface area contributed by atoms with E-state index in [4.69, 9.17) is 9.26 Å². The Morgan fingerprint density at radius 2 is 1.93 bits per heavy atom. The van der Waals surface area contributed by atoms with Gasteiger partial charge in [0.2, 0.25) is 7.37 Å². The SMILES string of the molecule is CCOC(=O)[C@H](C)CP(C)(=O)OCC. The monoisotopic (exact) mass is 222 g/mol. The van der Waals surface area contributed by atoms with Gasteiger partial charge in [0.05, 0.1) is 19.1 Å². The molecule has 0 aliphatic rings. The topological polar surface area (TPSA) is 52.6 Å². The Morgan fingerprint density at radius 1 is 1.36 bits per heavy atom. The van der Waals surface area contributed by atoms with E-state index in [0.29, 0.717) is 13.2 Å². The van der Waals surface area contributed by atoms with Gasteiger partial charge < -0.3 is 9.26 Å². The highest BCUT2D eigenvalue weighted by atomic mass is 31.2. The second kappa shape index (κ2) is 6.20. The Bertz CT molecular complexity index is 227. The van der Waals surface area contributed by atoms with Gasteiger partial charge in [0.1, 0.15) is 0 Å². The quantitative estimate of drug-likeness (QED) is 0.510. The fraction of sp³-hybridized carbons (Fsp3) is 0.889. The number of ether oxygens (including phenoxy) is 1. The second-order valence-corrected chi connectivity index (χ2v) is 5.92. The zero-order valence-corrected chi connectivity index (χ0v) is 10.2. The number of rotatable bonds is 6. The van der Waals surface area contributed by atoms with Crippen molar-refractivity contribution < 1.29 is 18.6 Å².